The van der Waals surface area contributed by atoms with Crippen LogP contribution in [-0.4, -0.2) is 29.9 Å². The normalized spacial score (nSPS) is 12.8. The van der Waals surface area contributed by atoms with Gasteiger partial charge in [-0.1, -0.05) is 41.9 Å². The molecule has 0 unspecified atom stereocenters. The fraction of sp³-hybridized carbons (Fsp3) is 0.190. The van der Waals surface area contributed by atoms with Gasteiger partial charge < -0.3 is 15.4 Å². The van der Waals surface area contributed by atoms with E-state index in [1.54, 1.807) is 6.08 Å². The van der Waals surface area contributed by atoms with Gasteiger partial charge >= 0.3 is 5.97 Å². The fourth-order valence-electron chi connectivity index (χ4n) is 2.21. The number of benzene rings is 2. The molecule has 2 amide bonds. The van der Waals surface area contributed by atoms with Crippen LogP contribution in [0.3, 0.4) is 0 Å². The lowest BCUT2D eigenvalue weighted by Crippen LogP contribution is -2.41. The van der Waals surface area contributed by atoms with E-state index in [1.807, 2.05) is 30.3 Å². The summed E-state index contributed by atoms with van der Waals surface area (Å²) in [7, 11) is 0. The second kappa shape index (κ2) is 10.4. The molecule has 0 bridgehead atoms. The van der Waals surface area contributed by atoms with Crippen LogP contribution in [0.5, 0.6) is 0 Å². The highest BCUT2D eigenvalue weighted by molar-refractivity contribution is 6.33. The number of hydrogen-bond donors (Lipinski definition) is 2. The van der Waals surface area contributed by atoms with E-state index < -0.39 is 35.7 Å². The van der Waals surface area contributed by atoms with Crippen molar-refractivity contribution in [1.82, 2.24) is 5.32 Å². The highest BCUT2D eigenvalue weighted by Crippen LogP contribution is 2.22. The predicted octanol–water partition coefficient (Wildman–Crippen LogP) is 3.57. The first-order valence-electron chi connectivity index (χ1n) is 8.76. The Kier molecular flexibility index (Phi) is 7.91. The molecule has 0 heterocycles. The Morgan fingerprint density at radius 3 is 2.45 bits per heavy atom. The van der Waals surface area contributed by atoms with Gasteiger partial charge in [-0.15, -0.1) is 0 Å². The van der Waals surface area contributed by atoms with E-state index in [0.717, 1.165) is 17.7 Å². The summed E-state index contributed by atoms with van der Waals surface area (Å²) in [5, 5.41) is 4.93. The molecular formula is C21H20ClFN2O4. The summed E-state index contributed by atoms with van der Waals surface area (Å²) in [6.45, 7) is 2.81. The molecule has 0 fully saturated rings. The topological polar surface area (TPSA) is 84.5 Å². The molecule has 29 heavy (non-hydrogen) atoms. The SMILES string of the molecule is C[C@H](NC(=O)/C=C/c1ccccc1)C(=O)O[C@H](C)C(=O)Nc1ccc(F)cc1Cl. The van der Waals surface area contributed by atoms with Crippen molar-refractivity contribution in [3.63, 3.8) is 0 Å². The number of hydrogen-bond acceptors (Lipinski definition) is 4. The van der Waals surface area contributed by atoms with E-state index in [0.29, 0.717) is 0 Å². The maximum atomic E-state index is 13.1. The van der Waals surface area contributed by atoms with Gasteiger partial charge in [0.05, 0.1) is 10.7 Å². The number of halogens is 2. The molecule has 0 spiro atoms. The van der Waals surface area contributed by atoms with Gasteiger partial charge in [0.15, 0.2) is 6.10 Å². The van der Waals surface area contributed by atoms with Crippen LogP contribution in [-0.2, 0) is 19.1 Å². The number of amides is 2. The van der Waals surface area contributed by atoms with Crippen molar-refractivity contribution in [2.75, 3.05) is 5.32 Å². The van der Waals surface area contributed by atoms with Gasteiger partial charge in [0.1, 0.15) is 11.9 Å². The van der Waals surface area contributed by atoms with Crippen molar-refractivity contribution in [3.05, 3.63) is 71.0 Å². The molecule has 0 saturated heterocycles. The minimum atomic E-state index is -1.15. The van der Waals surface area contributed by atoms with E-state index in [9.17, 15) is 18.8 Å². The van der Waals surface area contributed by atoms with Crippen LogP contribution in [0.4, 0.5) is 10.1 Å². The minimum absolute atomic E-state index is 0.0164. The molecule has 0 aromatic heterocycles. The second-order valence-corrected chi connectivity index (χ2v) is 6.57. The lowest BCUT2D eigenvalue weighted by Gasteiger charge is -2.17. The first-order valence-corrected chi connectivity index (χ1v) is 9.14. The Morgan fingerprint density at radius 1 is 1.10 bits per heavy atom. The molecule has 2 rings (SSSR count). The average Bonchev–Trinajstić information content (AvgIpc) is 2.69. The zero-order valence-electron chi connectivity index (χ0n) is 15.8. The Bertz CT molecular complexity index is 918. The van der Waals surface area contributed by atoms with Crippen LogP contribution in [0, 0.1) is 5.82 Å². The number of ether oxygens (including phenoxy) is 1. The van der Waals surface area contributed by atoms with Gasteiger partial charge in [0.2, 0.25) is 5.91 Å². The third-order valence-corrected chi connectivity index (χ3v) is 4.10. The number of esters is 1. The van der Waals surface area contributed by atoms with Crippen molar-refractivity contribution >= 4 is 41.1 Å². The Labute approximate surface area is 172 Å². The zero-order chi connectivity index (χ0) is 21.4. The molecule has 0 radical (unpaired) electrons. The molecule has 0 aliphatic rings. The first kappa shape index (κ1) is 22.1. The number of rotatable bonds is 7. The van der Waals surface area contributed by atoms with E-state index in [4.69, 9.17) is 16.3 Å². The van der Waals surface area contributed by atoms with Gasteiger partial charge in [-0.2, -0.15) is 0 Å². The Balaban J connectivity index is 1.85. The molecule has 2 aromatic rings. The zero-order valence-corrected chi connectivity index (χ0v) is 16.6. The van der Waals surface area contributed by atoms with Gasteiger partial charge in [-0.25, -0.2) is 9.18 Å². The Hall–Kier alpha value is -3.19. The van der Waals surface area contributed by atoms with Crippen molar-refractivity contribution in [1.29, 1.82) is 0 Å². The molecular weight excluding hydrogens is 399 g/mol. The van der Waals surface area contributed by atoms with Crippen molar-refractivity contribution in [2.45, 2.75) is 26.0 Å². The third-order valence-electron chi connectivity index (χ3n) is 3.79. The summed E-state index contributed by atoms with van der Waals surface area (Å²) in [6, 6.07) is 11.7. The van der Waals surface area contributed by atoms with Crippen molar-refractivity contribution in [3.8, 4) is 0 Å². The summed E-state index contributed by atoms with van der Waals surface area (Å²) in [5.74, 6) is -2.44. The van der Waals surface area contributed by atoms with Crippen LogP contribution in [0.25, 0.3) is 6.08 Å². The monoisotopic (exact) mass is 418 g/mol. The standard InChI is InChI=1S/C21H20ClFN2O4/c1-13(24-19(26)11-8-15-6-4-3-5-7-15)21(28)29-14(2)20(27)25-18-10-9-16(23)12-17(18)22/h3-14H,1-2H3,(H,24,26)(H,25,27)/b11-8+/t13-,14+/m0/s1. The first-order chi connectivity index (χ1) is 13.8. The maximum Gasteiger partial charge on any atom is 0.329 e. The molecule has 8 heteroatoms. The third kappa shape index (κ3) is 7.04. The molecule has 2 atom stereocenters. The summed E-state index contributed by atoms with van der Waals surface area (Å²) in [6.07, 6.45) is 1.75. The smallest absolute Gasteiger partial charge is 0.329 e. The lowest BCUT2D eigenvalue weighted by atomic mass is 10.2. The summed E-state index contributed by atoms with van der Waals surface area (Å²) in [5.41, 5.74) is 1.02. The lowest BCUT2D eigenvalue weighted by molar-refractivity contribution is -0.155. The number of anilines is 1. The predicted molar refractivity (Wildman–Crippen MR) is 109 cm³/mol. The molecule has 2 N–H and O–H groups in total. The number of carbonyl (C=O) groups excluding carboxylic acids is 3. The highest BCUT2D eigenvalue weighted by atomic mass is 35.5. The average molecular weight is 419 g/mol. The quantitative estimate of drug-likeness (QED) is 0.531. The van der Waals surface area contributed by atoms with Crippen LogP contribution >= 0.6 is 11.6 Å². The van der Waals surface area contributed by atoms with Crippen LogP contribution in [0.1, 0.15) is 19.4 Å². The van der Waals surface area contributed by atoms with Gasteiger partial charge in [-0.05, 0) is 43.7 Å². The second-order valence-electron chi connectivity index (χ2n) is 6.17. The largest absolute Gasteiger partial charge is 0.451 e. The molecule has 0 saturated carbocycles. The van der Waals surface area contributed by atoms with E-state index in [1.165, 1.54) is 26.0 Å². The minimum Gasteiger partial charge on any atom is -0.451 e. The van der Waals surface area contributed by atoms with Gasteiger partial charge in [0, 0.05) is 6.08 Å². The van der Waals surface area contributed by atoms with Gasteiger partial charge in [0.25, 0.3) is 5.91 Å². The summed E-state index contributed by atoms with van der Waals surface area (Å²) < 4.78 is 18.1. The highest BCUT2D eigenvalue weighted by Gasteiger charge is 2.23. The van der Waals surface area contributed by atoms with Crippen LogP contribution < -0.4 is 10.6 Å². The molecule has 2 aromatic carbocycles. The molecule has 0 aliphatic heterocycles. The van der Waals surface area contributed by atoms with Gasteiger partial charge in [-0.3, -0.25) is 9.59 Å². The molecule has 0 aliphatic carbocycles. The van der Waals surface area contributed by atoms with E-state index in [2.05, 4.69) is 10.6 Å². The van der Waals surface area contributed by atoms with Crippen molar-refractivity contribution in [2.24, 2.45) is 0 Å². The summed E-state index contributed by atoms with van der Waals surface area (Å²) in [4.78, 5) is 36.2. The molecule has 152 valence electrons. The number of carbonyl (C=O) groups is 3. The number of nitrogens with one attached hydrogen (secondary N) is 2. The van der Waals surface area contributed by atoms with Crippen LogP contribution in [0.2, 0.25) is 5.02 Å². The summed E-state index contributed by atoms with van der Waals surface area (Å²) >= 11 is 5.85. The Morgan fingerprint density at radius 2 is 1.79 bits per heavy atom. The van der Waals surface area contributed by atoms with Crippen molar-refractivity contribution < 1.29 is 23.5 Å². The van der Waals surface area contributed by atoms with Crippen LogP contribution in [0.15, 0.2) is 54.6 Å². The van der Waals surface area contributed by atoms with E-state index in [-0.39, 0.29) is 10.7 Å². The molecule has 6 nitrogen and oxygen atoms in total. The fourth-order valence-corrected chi connectivity index (χ4v) is 2.43. The maximum absolute atomic E-state index is 13.1. The van der Waals surface area contributed by atoms with E-state index >= 15 is 0 Å².